The highest BCUT2D eigenvalue weighted by Gasteiger charge is 2.01. The zero-order valence-electron chi connectivity index (χ0n) is 11.2. The van der Waals surface area contributed by atoms with Crippen LogP contribution in [0.5, 0.6) is 11.5 Å². The van der Waals surface area contributed by atoms with Crippen LogP contribution in [0.3, 0.4) is 0 Å². The Kier molecular flexibility index (Phi) is 7.69. The topological polar surface area (TPSA) is 41.5 Å². The molecule has 0 aliphatic rings. The van der Waals surface area contributed by atoms with Crippen LogP contribution < -0.4 is 10.1 Å². The number of hydrogen-bond acceptors (Lipinski definition) is 4. The van der Waals surface area contributed by atoms with Crippen LogP contribution in [-0.2, 0) is 6.54 Å². The number of ether oxygens (including phenoxy) is 1. The number of nitrogens with one attached hydrogen (secondary N) is 1. The molecular formula is C14H23NO2S. The summed E-state index contributed by atoms with van der Waals surface area (Å²) < 4.78 is 5.01. The van der Waals surface area contributed by atoms with E-state index in [0.717, 1.165) is 18.7 Å². The Morgan fingerprint density at radius 3 is 2.78 bits per heavy atom. The van der Waals surface area contributed by atoms with Crippen LogP contribution in [0.4, 0.5) is 0 Å². The van der Waals surface area contributed by atoms with E-state index in [1.54, 1.807) is 19.2 Å². The molecule has 0 aliphatic carbocycles. The van der Waals surface area contributed by atoms with Crippen LogP contribution in [0, 0.1) is 0 Å². The number of unbranched alkanes of at least 4 members (excludes halogenated alkanes) is 2. The van der Waals surface area contributed by atoms with E-state index in [9.17, 15) is 5.11 Å². The summed E-state index contributed by atoms with van der Waals surface area (Å²) in [6, 6.07) is 5.52. The Bertz CT molecular complexity index is 345. The summed E-state index contributed by atoms with van der Waals surface area (Å²) in [6.45, 7) is 1.82. The SMILES string of the molecule is COc1ccc(CNCCCCCSC)cc1O. The second kappa shape index (κ2) is 9.11. The lowest BCUT2D eigenvalue weighted by Crippen LogP contribution is -2.14. The summed E-state index contributed by atoms with van der Waals surface area (Å²) >= 11 is 1.91. The van der Waals surface area contributed by atoms with Crippen molar-refractivity contribution in [3.8, 4) is 11.5 Å². The molecule has 0 saturated carbocycles. The molecule has 0 spiro atoms. The zero-order chi connectivity index (χ0) is 13.2. The van der Waals surface area contributed by atoms with Crippen molar-refractivity contribution >= 4 is 11.8 Å². The van der Waals surface area contributed by atoms with Gasteiger partial charge in [-0.15, -0.1) is 0 Å². The number of phenolic OH excluding ortho intramolecular Hbond substituents is 1. The van der Waals surface area contributed by atoms with E-state index in [0.29, 0.717) is 5.75 Å². The minimum Gasteiger partial charge on any atom is -0.504 e. The van der Waals surface area contributed by atoms with Gasteiger partial charge >= 0.3 is 0 Å². The highest BCUT2D eigenvalue weighted by atomic mass is 32.2. The van der Waals surface area contributed by atoms with E-state index >= 15 is 0 Å². The summed E-state index contributed by atoms with van der Waals surface area (Å²) in [5, 5.41) is 13.0. The molecule has 4 heteroatoms. The molecule has 0 radical (unpaired) electrons. The first kappa shape index (κ1) is 15.2. The number of benzene rings is 1. The van der Waals surface area contributed by atoms with Gasteiger partial charge in [-0.1, -0.05) is 12.5 Å². The smallest absolute Gasteiger partial charge is 0.160 e. The van der Waals surface area contributed by atoms with Crippen molar-refractivity contribution in [2.24, 2.45) is 0 Å². The van der Waals surface area contributed by atoms with Crippen LogP contribution in [0.1, 0.15) is 24.8 Å². The maximum Gasteiger partial charge on any atom is 0.160 e. The average Bonchev–Trinajstić information content (AvgIpc) is 2.38. The van der Waals surface area contributed by atoms with Gasteiger partial charge in [0.25, 0.3) is 0 Å². The normalized spacial score (nSPS) is 10.6. The molecule has 2 N–H and O–H groups in total. The molecule has 0 atom stereocenters. The number of thioether (sulfide) groups is 1. The predicted molar refractivity (Wildman–Crippen MR) is 78.6 cm³/mol. The van der Waals surface area contributed by atoms with Crippen molar-refractivity contribution in [2.75, 3.05) is 25.7 Å². The molecule has 0 aliphatic heterocycles. The summed E-state index contributed by atoms with van der Waals surface area (Å²) in [5.74, 6) is 1.99. The summed E-state index contributed by atoms with van der Waals surface area (Å²) in [5.41, 5.74) is 1.08. The van der Waals surface area contributed by atoms with E-state index in [4.69, 9.17) is 4.74 Å². The maximum absolute atomic E-state index is 9.64. The molecule has 0 aromatic heterocycles. The van der Waals surface area contributed by atoms with Gasteiger partial charge in [0.1, 0.15) is 0 Å². The van der Waals surface area contributed by atoms with Crippen molar-refractivity contribution in [3.05, 3.63) is 23.8 Å². The summed E-state index contributed by atoms with van der Waals surface area (Å²) in [7, 11) is 1.56. The zero-order valence-corrected chi connectivity index (χ0v) is 12.1. The van der Waals surface area contributed by atoms with Crippen LogP contribution in [0.15, 0.2) is 18.2 Å². The minimum absolute atomic E-state index is 0.205. The highest BCUT2D eigenvalue weighted by molar-refractivity contribution is 7.98. The number of aromatic hydroxyl groups is 1. The fourth-order valence-electron chi connectivity index (χ4n) is 1.75. The van der Waals surface area contributed by atoms with Crippen LogP contribution >= 0.6 is 11.8 Å². The van der Waals surface area contributed by atoms with Crippen molar-refractivity contribution in [1.82, 2.24) is 5.32 Å². The van der Waals surface area contributed by atoms with Crippen molar-refractivity contribution in [2.45, 2.75) is 25.8 Å². The van der Waals surface area contributed by atoms with Crippen molar-refractivity contribution < 1.29 is 9.84 Å². The van der Waals surface area contributed by atoms with Gasteiger partial charge in [-0.2, -0.15) is 11.8 Å². The Morgan fingerprint density at radius 2 is 2.11 bits per heavy atom. The Hall–Kier alpha value is -0.870. The number of hydrogen-bond donors (Lipinski definition) is 2. The molecule has 102 valence electrons. The van der Waals surface area contributed by atoms with Gasteiger partial charge < -0.3 is 15.2 Å². The van der Waals surface area contributed by atoms with Crippen LogP contribution in [-0.4, -0.2) is 30.8 Å². The van der Waals surface area contributed by atoms with E-state index < -0.39 is 0 Å². The summed E-state index contributed by atoms with van der Waals surface area (Å²) in [6.07, 6.45) is 5.94. The quantitative estimate of drug-likeness (QED) is 0.676. The van der Waals surface area contributed by atoms with E-state index in [1.807, 2.05) is 17.8 Å². The molecule has 0 saturated heterocycles. The molecule has 3 nitrogen and oxygen atoms in total. The van der Waals surface area contributed by atoms with Crippen LogP contribution in [0.2, 0.25) is 0 Å². The van der Waals surface area contributed by atoms with Gasteiger partial charge in [0.15, 0.2) is 11.5 Å². The number of phenols is 1. The van der Waals surface area contributed by atoms with Gasteiger partial charge in [-0.25, -0.2) is 0 Å². The Morgan fingerprint density at radius 1 is 1.28 bits per heavy atom. The molecular weight excluding hydrogens is 246 g/mol. The fourth-order valence-corrected chi connectivity index (χ4v) is 2.24. The third kappa shape index (κ3) is 5.65. The van der Waals surface area contributed by atoms with E-state index in [2.05, 4.69) is 11.6 Å². The van der Waals surface area contributed by atoms with Gasteiger partial charge in [-0.3, -0.25) is 0 Å². The fraction of sp³-hybridized carbons (Fsp3) is 0.571. The Labute approximate surface area is 114 Å². The standard InChI is InChI=1S/C14H23NO2S/c1-17-14-7-6-12(10-13(14)16)11-15-8-4-3-5-9-18-2/h6-7,10,15-16H,3-5,8-9,11H2,1-2H3. The lowest BCUT2D eigenvalue weighted by atomic mass is 10.2. The third-order valence-corrected chi connectivity index (χ3v) is 3.47. The third-order valence-electron chi connectivity index (χ3n) is 2.77. The molecule has 0 bridgehead atoms. The molecule has 1 aromatic rings. The first-order valence-corrected chi connectivity index (χ1v) is 7.73. The van der Waals surface area contributed by atoms with Crippen molar-refractivity contribution in [1.29, 1.82) is 0 Å². The molecule has 1 rings (SSSR count). The van der Waals surface area contributed by atoms with E-state index in [1.165, 1.54) is 25.0 Å². The molecule has 1 aromatic carbocycles. The average molecular weight is 269 g/mol. The van der Waals surface area contributed by atoms with Gasteiger partial charge in [0.05, 0.1) is 7.11 Å². The molecule has 0 fully saturated rings. The van der Waals surface area contributed by atoms with Crippen LogP contribution in [0.25, 0.3) is 0 Å². The van der Waals surface area contributed by atoms with Gasteiger partial charge in [-0.05, 0) is 49.1 Å². The van der Waals surface area contributed by atoms with Gasteiger partial charge in [0, 0.05) is 6.54 Å². The monoisotopic (exact) mass is 269 g/mol. The first-order chi connectivity index (χ1) is 8.77. The second-order valence-electron chi connectivity index (χ2n) is 4.24. The lowest BCUT2D eigenvalue weighted by Gasteiger charge is -2.07. The molecule has 0 amide bonds. The largest absolute Gasteiger partial charge is 0.504 e. The maximum atomic E-state index is 9.64. The summed E-state index contributed by atoms with van der Waals surface area (Å²) in [4.78, 5) is 0. The lowest BCUT2D eigenvalue weighted by molar-refractivity contribution is 0.373. The second-order valence-corrected chi connectivity index (χ2v) is 5.22. The van der Waals surface area contributed by atoms with E-state index in [-0.39, 0.29) is 5.75 Å². The minimum atomic E-state index is 0.205. The van der Waals surface area contributed by atoms with Gasteiger partial charge in [0.2, 0.25) is 0 Å². The molecule has 18 heavy (non-hydrogen) atoms. The van der Waals surface area contributed by atoms with Crippen molar-refractivity contribution in [3.63, 3.8) is 0 Å². The molecule has 0 unspecified atom stereocenters. The molecule has 0 heterocycles. The number of methoxy groups -OCH3 is 1. The first-order valence-electron chi connectivity index (χ1n) is 6.33. The highest BCUT2D eigenvalue weighted by Crippen LogP contribution is 2.25. The predicted octanol–water partition coefficient (Wildman–Crippen LogP) is 3.02. The number of rotatable bonds is 9. The Balaban J connectivity index is 2.17.